The van der Waals surface area contributed by atoms with Crippen LogP contribution >= 0.6 is 0 Å². The Bertz CT molecular complexity index is 2730. The number of aliphatic hydroxyl groups excluding tert-OH is 2. The fourth-order valence-electron chi connectivity index (χ4n) is 7.70. The van der Waals surface area contributed by atoms with Crippen LogP contribution in [0.1, 0.15) is 62.1 Å². The van der Waals surface area contributed by atoms with Crippen LogP contribution in [0.4, 0.5) is 0 Å². The molecular weight excluding hydrogens is 921 g/mol. The zero-order chi connectivity index (χ0) is 49.7. The molecule has 10 atom stereocenters. The number of benzene rings is 6. The minimum atomic E-state index is -2.08. The van der Waals surface area contributed by atoms with Gasteiger partial charge in [0.25, 0.3) is 0 Å². The predicted molar refractivity (Wildman–Crippen MR) is 246 cm³/mol. The van der Waals surface area contributed by atoms with Crippen LogP contribution in [0.25, 0.3) is 0 Å². The van der Waals surface area contributed by atoms with E-state index in [9.17, 15) is 39.0 Å². The van der Waals surface area contributed by atoms with E-state index in [0.717, 1.165) is 0 Å². The quantitative estimate of drug-likeness (QED) is 0.0864. The predicted octanol–water partition coefficient (Wildman–Crippen LogP) is 5.79. The first-order valence-corrected chi connectivity index (χ1v) is 22.3. The Labute approximate surface area is 406 Å². The van der Waals surface area contributed by atoms with E-state index in [2.05, 4.69) is 0 Å². The largest absolute Gasteiger partial charge is 0.459 e. The van der Waals surface area contributed by atoms with Gasteiger partial charge in [0.1, 0.15) is 37.6 Å². The number of carbonyl (C=O) groups excluding carboxylic acids is 6. The van der Waals surface area contributed by atoms with Gasteiger partial charge in [-0.2, -0.15) is 0 Å². The summed E-state index contributed by atoms with van der Waals surface area (Å²) in [6, 6.07) is 46.5. The lowest BCUT2D eigenvalue weighted by atomic mass is 9.96. The molecule has 0 aliphatic carbocycles. The number of ether oxygens (including phenoxy) is 9. The van der Waals surface area contributed by atoms with Gasteiger partial charge in [0, 0.05) is 0 Å². The molecule has 2 saturated heterocycles. The van der Waals surface area contributed by atoms with E-state index in [4.69, 9.17) is 42.6 Å². The molecule has 0 amide bonds. The second-order valence-corrected chi connectivity index (χ2v) is 16.1. The van der Waals surface area contributed by atoms with Crippen molar-refractivity contribution in [3.8, 4) is 0 Å². The number of hydrogen-bond acceptors (Lipinski definition) is 17. The van der Waals surface area contributed by atoms with Crippen LogP contribution in [0.15, 0.2) is 182 Å². The van der Waals surface area contributed by atoms with E-state index in [1.807, 2.05) is 0 Å². The molecule has 2 fully saturated rings. The fourth-order valence-corrected chi connectivity index (χ4v) is 7.70. The monoisotopic (exact) mass is 966 g/mol. The van der Waals surface area contributed by atoms with Gasteiger partial charge in [0.2, 0.25) is 0 Å². The van der Waals surface area contributed by atoms with Gasteiger partial charge >= 0.3 is 35.8 Å². The van der Waals surface area contributed by atoms with Crippen LogP contribution in [0.2, 0.25) is 0 Å². The Morgan fingerprint density at radius 2 is 0.662 bits per heavy atom. The van der Waals surface area contributed by atoms with Gasteiger partial charge in [-0.3, -0.25) is 0 Å². The zero-order valence-electron chi connectivity index (χ0n) is 37.5. The second kappa shape index (κ2) is 23.5. The highest BCUT2D eigenvalue weighted by molar-refractivity contribution is 5.92. The lowest BCUT2D eigenvalue weighted by Crippen LogP contribution is -2.66. The molecule has 71 heavy (non-hydrogen) atoms. The van der Waals surface area contributed by atoms with Crippen molar-refractivity contribution in [2.45, 2.75) is 61.4 Å². The van der Waals surface area contributed by atoms with Crippen molar-refractivity contribution in [3.05, 3.63) is 215 Å². The van der Waals surface area contributed by atoms with Crippen molar-refractivity contribution >= 4 is 35.8 Å². The molecular formula is C54H46O17. The van der Waals surface area contributed by atoms with Crippen molar-refractivity contribution < 1.29 is 81.6 Å². The van der Waals surface area contributed by atoms with E-state index < -0.39 is 110 Å². The number of hydrogen-bond donors (Lipinski definition) is 2. The van der Waals surface area contributed by atoms with E-state index in [1.165, 1.54) is 72.8 Å². The number of carbonyl (C=O) groups is 6. The third kappa shape index (κ3) is 12.4. The number of aliphatic hydroxyl groups is 2. The smallest absolute Gasteiger partial charge is 0.338 e. The van der Waals surface area contributed by atoms with Gasteiger partial charge in [-0.05, 0) is 72.8 Å². The normalized spacial score (nSPS) is 23.7. The van der Waals surface area contributed by atoms with Crippen LogP contribution in [-0.2, 0) is 42.6 Å². The topological polar surface area (TPSA) is 226 Å². The minimum Gasteiger partial charge on any atom is -0.459 e. The van der Waals surface area contributed by atoms with Crippen LogP contribution < -0.4 is 0 Å². The Hall–Kier alpha value is -8.06. The molecule has 17 heteroatoms. The average Bonchev–Trinajstić information content (AvgIpc) is 3.42. The SMILES string of the molecule is O=C(OC[C@H]1O[C@@H](O[C@H]2[C@H](OC(=O)c3ccccc3)[C@@H](OC(=O)c3ccccc3)[C@H](O)O[C@@H]2COC(=O)c2ccccc2)[C@H](OC(=O)c2ccccc2)[C@@H](OC(=O)c2ccccc2)[C@H]1O)c1ccccc1. The maximum Gasteiger partial charge on any atom is 0.338 e. The van der Waals surface area contributed by atoms with Gasteiger partial charge in [-0.1, -0.05) is 109 Å². The molecule has 8 rings (SSSR count). The van der Waals surface area contributed by atoms with Crippen LogP contribution in [-0.4, -0.2) is 121 Å². The summed E-state index contributed by atoms with van der Waals surface area (Å²) in [5, 5.41) is 23.8. The number of esters is 6. The Morgan fingerprint density at radius 3 is 1.04 bits per heavy atom. The Balaban J connectivity index is 1.22. The molecule has 6 aromatic rings. The molecule has 2 aliphatic rings. The first kappa shape index (κ1) is 49.4. The summed E-state index contributed by atoms with van der Waals surface area (Å²) < 4.78 is 54.3. The lowest BCUT2D eigenvalue weighted by molar-refractivity contribution is -0.352. The van der Waals surface area contributed by atoms with Gasteiger partial charge in [-0.15, -0.1) is 0 Å². The van der Waals surface area contributed by atoms with Crippen molar-refractivity contribution in [3.63, 3.8) is 0 Å². The summed E-state index contributed by atoms with van der Waals surface area (Å²) in [7, 11) is 0. The number of rotatable bonds is 16. The van der Waals surface area contributed by atoms with Crippen molar-refractivity contribution in [2.24, 2.45) is 0 Å². The van der Waals surface area contributed by atoms with E-state index in [1.54, 1.807) is 109 Å². The molecule has 0 radical (unpaired) electrons. The lowest BCUT2D eigenvalue weighted by Gasteiger charge is -2.47. The maximum atomic E-state index is 14.1. The molecule has 17 nitrogen and oxygen atoms in total. The molecule has 2 heterocycles. The Kier molecular flexibility index (Phi) is 16.3. The highest BCUT2D eigenvalue weighted by atomic mass is 16.8. The van der Waals surface area contributed by atoms with Crippen molar-refractivity contribution in [2.75, 3.05) is 13.2 Å². The first-order chi connectivity index (χ1) is 34.5. The summed E-state index contributed by atoms with van der Waals surface area (Å²) in [6.07, 6.45) is -18.6. The van der Waals surface area contributed by atoms with Crippen LogP contribution in [0.3, 0.4) is 0 Å². The second-order valence-electron chi connectivity index (χ2n) is 16.1. The Morgan fingerprint density at radius 1 is 0.352 bits per heavy atom. The highest BCUT2D eigenvalue weighted by Crippen LogP contribution is 2.35. The van der Waals surface area contributed by atoms with Gasteiger partial charge in [0.05, 0.1) is 33.4 Å². The average molecular weight is 967 g/mol. The van der Waals surface area contributed by atoms with Gasteiger partial charge < -0.3 is 52.8 Å². The minimum absolute atomic E-state index is 0.0187. The van der Waals surface area contributed by atoms with Crippen LogP contribution in [0, 0.1) is 0 Å². The fraction of sp³-hybridized carbons (Fsp3) is 0.222. The summed E-state index contributed by atoms with van der Waals surface area (Å²) in [4.78, 5) is 82.5. The maximum absolute atomic E-state index is 14.1. The third-order valence-corrected chi connectivity index (χ3v) is 11.3. The molecule has 0 saturated carbocycles. The van der Waals surface area contributed by atoms with Crippen molar-refractivity contribution in [1.29, 1.82) is 0 Å². The molecule has 2 N–H and O–H groups in total. The summed E-state index contributed by atoms with van der Waals surface area (Å²) in [6.45, 7) is -1.42. The molecule has 0 spiro atoms. The van der Waals surface area contributed by atoms with Gasteiger partial charge in [-0.25, -0.2) is 28.8 Å². The molecule has 2 aliphatic heterocycles. The summed E-state index contributed by atoms with van der Waals surface area (Å²) in [5.41, 5.74) is 0.402. The molecule has 6 aromatic carbocycles. The van der Waals surface area contributed by atoms with Crippen LogP contribution in [0.5, 0.6) is 0 Å². The highest BCUT2D eigenvalue weighted by Gasteiger charge is 2.57. The third-order valence-electron chi connectivity index (χ3n) is 11.3. The zero-order valence-corrected chi connectivity index (χ0v) is 37.5. The van der Waals surface area contributed by atoms with E-state index >= 15 is 0 Å². The standard InChI is InChI=1S/C54H46O17/c55-41-39(31-63-47(56)33-19-7-1-8-20-33)66-54(46(70-52(61)38-29-17-6-18-30-38)43(41)67-49(58)35-23-11-3-12-24-35)71-42-40(32-64-48(57)34-21-9-2-10-22-34)65-53(62)45(69-51(60)37-27-15-5-16-28-37)44(42)68-50(59)36-25-13-4-14-26-36/h1-30,39-46,53-55,62H,31-32H2/t39-,40-,41+,42-,43+,44+,45-,46-,53-,54+/m1/s1. The molecule has 0 aromatic heterocycles. The van der Waals surface area contributed by atoms with Gasteiger partial charge in [0.15, 0.2) is 37.0 Å². The summed E-state index contributed by atoms with van der Waals surface area (Å²) in [5.74, 6) is -5.61. The first-order valence-electron chi connectivity index (χ1n) is 22.3. The summed E-state index contributed by atoms with van der Waals surface area (Å²) >= 11 is 0. The molecule has 364 valence electrons. The van der Waals surface area contributed by atoms with Crippen molar-refractivity contribution in [1.82, 2.24) is 0 Å². The van der Waals surface area contributed by atoms with E-state index in [-0.39, 0.29) is 33.4 Å². The molecule has 0 unspecified atom stereocenters. The molecule has 0 bridgehead atoms. The van der Waals surface area contributed by atoms with E-state index in [0.29, 0.717) is 0 Å².